The lowest BCUT2D eigenvalue weighted by atomic mass is 10.1. The van der Waals surface area contributed by atoms with Gasteiger partial charge in [-0.15, -0.1) is 0 Å². The van der Waals surface area contributed by atoms with E-state index in [0.29, 0.717) is 31.7 Å². The molecule has 0 aromatic heterocycles. The fraction of sp³-hybridized carbons (Fsp3) is 0.556. The van der Waals surface area contributed by atoms with Crippen molar-refractivity contribution >= 4 is 12.1 Å². The van der Waals surface area contributed by atoms with Crippen molar-refractivity contribution in [1.29, 1.82) is 0 Å². The first-order valence-electron chi connectivity index (χ1n) is 8.78. The van der Waals surface area contributed by atoms with E-state index < -0.39 is 12.7 Å². The second-order valence-corrected chi connectivity index (χ2v) is 6.28. The van der Waals surface area contributed by atoms with Crippen molar-refractivity contribution in [1.82, 2.24) is 4.90 Å². The zero-order chi connectivity index (χ0) is 19.2. The molecule has 1 unspecified atom stereocenters. The number of rotatable bonds is 7. The quantitative estimate of drug-likeness (QED) is 0.534. The van der Waals surface area contributed by atoms with Gasteiger partial charge in [0.05, 0.1) is 13.3 Å². The SMILES string of the molecule is COc1cc(C=NOC2CCN(C3CCOCC3)C2=O)ccc1OC(F)F. The maximum atomic E-state index is 12.5. The third-order valence-corrected chi connectivity index (χ3v) is 4.62. The molecular formula is C18H22F2N2O5. The summed E-state index contributed by atoms with van der Waals surface area (Å²) in [5.41, 5.74) is 0.570. The highest BCUT2D eigenvalue weighted by molar-refractivity contribution is 5.84. The van der Waals surface area contributed by atoms with Gasteiger partial charge in [0, 0.05) is 37.8 Å². The first-order chi connectivity index (χ1) is 13.1. The maximum Gasteiger partial charge on any atom is 0.387 e. The third-order valence-electron chi connectivity index (χ3n) is 4.62. The van der Waals surface area contributed by atoms with Gasteiger partial charge in [0.1, 0.15) is 0 Å². The van der Waals surface area contributed by atoms with Gasteiger partial charge in [0.25, 0.3) is 5.91 Å². The summed E-state index contributed by atoms with van der Waals surface area (Å²) in [5.74, 6) is 0.0304. The zero-order valence-corrected chi connectivity index (χ0v) is 15.0. The van der Waals surface area contributed by atoms with Gasteiger partial charge in [0.15, 0.2) is 11.5 Å². The molecule has 2 saturated heterocycles. The van der Waals surface area contributed by atoms with Crippen LogP contribution >= 0.6 is 0 Å². The van der Waals surface area contributed by atoms with Gasteiger partial charge < -0.3 is 23.9 Å². The maximum absolute atomic E-state index is 12.5. The molecule has 148 valence electrons. The van der Waals surface area contributed by atoms with Gasteiger partial charge in [-0.05, 0) is 31.0 Å². The molecule has 0 radical (unpaired) electrons. The molecule has 27 heavy (non-hydrogen) atoms. The monoisotopic (exact) mass is 384 g/mol. The van der Waals surface area contributed by atoms with Crippen LogP contribution in [-0.4, -0.2) is 62.6 Å². The molecule has 1 aromatic rings. The molecule has 1 amide bonds. The van der Waals surface area contributed by atoms with Crippen LogP contribution in [0.1, 0.15) is 24.8 Å². The van der Waals surface area contributed by atoms with Crippen LogP contribution in [0.5, 0.6) is 11.5 Å². The summed E-state index contributed by atoms with van der Waals surface area (Å²) in [5, 5.41) is 3.88. The molecule has 1 atom stereocenters. The van der Waals surface area contributed by atoms with Gasteiger partial charge >= 0.3 is 6.61 Å². The molecule has 0 saturated carbocycles. The summed E-state index contributed by atoms with van der Waals surface area (Å²) < 4.78 is 39.4. The van der Waals surface area contributed by atoms with Crippen LogP contribution in [0.15, 0.2) is 23.4 Å². The predicted octanol–water partition coefficient (Wildman–Crippen LogP) is 2.43. The average Bonchev–Trinajstić information content (AvgIpc) is 3.04. The fourth-order valence-corrected chi connectivity index (χ4v) is 3.25. The smallest absolute Gasteiger partial charge is 0.387 e. The van der Waals surface area contributed by atoms with E-state index in [-0.39, 0.29) is 23.4 Å². The Morgan fingerprint density at radius 3 is 2.74 bits per heavy atom. The molecule has 0 aliphatic carbocycles. The van der Waals surface area contributed by atoms with Crippen LogP contribution < -0.4 is 9.47 Å². The predicted molar refractivity (Wildman–Crippen MR) is 92.3 cm³/mol. The second kappa shape index (κ2) is 8.98. The van der Waals surface area contributed by atoms with Crippen LogP contribution in [0.4, 0.5) is 8.78 Å². The molecule has 7 nitrogen and oxygen atoms in total. The summed E-state index contributed by atoms with van der Waals surface area (Å²) in [6, 6.07) is 4.60. The third kappa shape index (κ3) is 4.85. The molecule has 2 fully saturated rings. The lowest BCUT2D eigenvalue weighted by Crippen LogP contribution is -2.42. The summed E-state index contributed by atoms with van der Waals surface area (Å²) >= 11 is 0. The Kier molecular flexibility index (Phi) is 6.44. The number of amides is 1. The highest BCUT2D eigenvalue weighted by atomic mass is 19.3. The number of ether oxygens (including phenoxy) is 3. The van der Waals surface area contributed by atoms with Gasteiger partial charge in [-0.1, -0.05) is 5.16 Å². The molecule has 2 aliphatic rings. The van der Waals surface area contributed by atoms with Crippen LogP contribution in [0, 0.1) is 0 Å². The van der Waals surface area contributed by atoms with Crippen LogP contribution in [0.2, 0.25) is 0 Å². The number of hydrogen-bond donors (Lipinski definition) is 0. The minimum Gasteiger partial charge on any atom is -0.493 e. The van der Waals surface area contributed by atoms with Crippen LogP contribution in [-0.2, 0) is 14.4 Å². The summed E-state index contributed by atoms with van der Waals surface area (Å²) in [6.07, 6.45) is 3.06. The number of alkyl halides is 2. The molecule has 1 aromatic carbocycles. The van der Waals surface area contributed by atoms with Crippen molar-refractivity contribution in [2.24, 2.45) is 5.16 Å². The van der Waals surface area contributed by atoms with E-state index in [1.54, 1.807) is 0 Å². The van der Waals surface area contributed by atoms with Crippen molar-refractivity contribution < 1.29 is 32.6 Å². The first-order valence-corrected chi connectivity index (χ1v) is 8.78. The van der Waals surface area contributed by atoms with Crippen LogP contribution in [0.3, 0.4) is 0 Å². The zero-order valence-electron chi connectivity index (χ0n) is 15.0. The number of carbonyl (C=O) groups is 1. The Morgan fingerprint density at radius 1 is 1.26 bits per heavy atom. The number of benzene rings is 1. The number of oxime groups is 1. The lowest BCUT2D eigenvalue weighted by molar-refractivity contribution is -0.140. The second-order valence-electron chi connectivity index (χ2n) is 6.28. The summed E-state index contributed by atoms with van der Waals surface area (Å²) in [4.78, 5) is 19.7. The van der Waals surface area contributed by atoms with E-state index in [4.69, 9.17) is 14.3 Å². The Balaban J connectivity index is 1.56. The fourth-order valence-electron chi connectivity index (χ4n) is 3.25. The van der Waals surface area contributed by atoms with Gasteiger partial charge in [-0.3, -0.25) is 4.79 Å². The molecule has 9 heteroatoms. The van der Waals surface area contributed by atoms with Crippen LogP contribution in [0.25, 0.3) is 0 Å². The molecule has 0 spiro atoms. The highest BCUT2D eigenvalue weighted by Gasteiger charge is 2.38. The van der Waals surface area contributed by atoms with Crippen molar-refractivity contribution in [2.45, 2.75) is 38.0 Å². The number of methoxy groups -OCH3 is 1. The average molecular weight is 384 g/mol. The topological polar surface area (TPSA) is 69.6 Å². The number of hydrogen-bond acceptors (Lipinski definition) is 6. The Labute approximate surface area is 155 Å². The van der Waals surface area contributed by atoms with Gasteiger partial charge in [0.2, 0.25) is 6.10 Å². The summed E-state index contributed by atoms with van der Waals surface area (Å²) in [6.45, 7) is -0.943. The van der Waals surface area contributed by atoms with Gasteiger partial charge in [-0.25, -0.2) is 0 Å². The molecule has 3 rings (SSSR count). The number of carbonyl (C=O) groups excluding carboxylic acids is 1. The molecule has 2 heterocycles. The largest absolute Gasteiger partial charge is 0.493 e. The van der Waals surface area contributed by atoms with Crippen molar-refractivity contribution in [3.8, 4) is 11.5 Å². The van der Waals surface area contributed by atoms with E-state index in [9.17, 15) is 13.6 Å². The minimum absolute atomic E-state index is 0.0580. The van der Waals surface area contributed by atoms with E-state index in [1.165, 1.54) is 31.5 Å². The van der Waals surface area contributed by atoms with Gasteiger partial charge in [-0.2, -0.15) is 8.78 Å². The van der Waals surface area contributed by atoms with Crippen molar-refractivity contribution in [3.05, 3.63) is 23.8 Å². The highest BCUT2D eigenvalue weighted by Crippen LogP contribution is 2.29. The van der Waals surface area contributed by atoms with E-state index in [0.717, 1.165) is 12.8 Å². The van der Waals surface area contributed by atoms with Crippen molar-refractivity contribution in [3.63, 3.8) is 0 Å². The molecule has 0 bridgehead atoms. The lowest BCUT2D eigenvalue weighted by Gasteiger charge is -2.30. The Hall–Kier alpha value is -2.42. The van der Waals surface area contributed by atoms with E-state index in [2.05, 4.69) is 9.89 Å². The normalized spacial score (nSPS) is 21.3. The number of nitrogens with zero attached hydrogens (tertiary/aromatic N) is 2. The molecular weight excluding hydrogens is 362 g/mol. The summed E-state index contributed by atoms with van der Waals surface area (Å²) in [7, 11) is 1.35. The Morgan fingerprint density at radius 2 is 2.04 bits per heavy atom. The first kappa shape index (κ1) is 19.3. The van der Waals surface area contributed by atoms with E-state index in [1.807, 2.05) is 4.90 Å². The molecule has 2 aliphatic heterocycles. The van der Waals surface area contributed by atoms with E-state index >= 15 is 0 Å². The standard InChI is InChI=1S/C18H22F2N2O5/c1-24-16-10-12(2-3-14(16)26-18(19)20)11-21-27-15-4-7-22(17(15)23)13-5-8-25-9-6-13/h2-3,10-11,13,15,18H,4-9H2,1H3. The van der Waals surface area contributed by atoms with Crippen molar-refractivity contribution in [2.75, 3.05) is 26.9 Å². The number of halogens is 2. The molecule has 0 N–H and O–H groups in total. The number of likely N-dealkylation sites (tertiary alicyclic amines) is 1. The minimum atomic E-state index is -2.94. The Bertz CT molecular complexity index is 680.